The van der Waals surface area contributed by atoms with E-state index < -0.39 is 12.7 Å². The molecule has 0 aromatic rings. The van der Waals surface area contributed by atoms with E-state index in [2.05, 4.69) is 5.32 Å². The van der Waals surface area contributed by atoms with E-state index in [1.54, 1.807) is 0 Å². The van der Waals surface area contributed by atoms with Crippen molar-refractivity contribution in [3.05, 3.63) is 0 Å². The highest BCUT2D eigenvalue weighted by molar-refractivity contribution is 5.85. The summed E-state index contributed by atoms with van der Waals surface area (Å²) in [5.41, 5.74) is 0. The number of alkyl halides is 3. The fraction of sp³-hybridized carbons (Fsp3) is 1.00. The molecule has 0 aromatic carbocycles. The Morgan fingerprint density at radius 3 is 2.42 bits per heavy atom. The standard InChI is InChI=1S/C6H10F3NO.ClH/c7-5(8)6(9)10-4-1-2-11-3-4;/h4-6,10H,1-3H2;1H. The highest BCUT2D eigenvalue weighted by atomic mass is 35.5. The van der Waals surface area contributed by atoms with Crippen LogP contribution in [0.5, 0.6) is 0 Å². The topological polar surface area (TPSA) is 21.3 Å². The molecule has 2 unspecified atom stereocenters. The average molecular weight is 206 g/mol. The SMILES string of the molecule is Cl.FC(F)C(F)NC1CCOC1. The minimum Gasteiger partial charge on any atom is -0.380 e. The first-order valence-electron chi connectivity index (χ1n) is 3.46. The minimum absolute atomic E-state index is 0. The number of ether oxygens (including phenoxy) is 1. The van der Waals surface area contributed by atoms with Gasteiger partial charge in [0.15, 0.2) is 0 Å². The first-order valence-corrected chi connectivity index (χ1v) is 3.46. The average Bonchev–Trinajstić information content (AvgIpc) is 2.39. The summed E-state index contributed by atoms with van der Waals surface area (Å²) in [6.45, 7) is 0.848. The predicted octanol–water partition coefficient (Wildman–Crippen LogP) is 1.35. The third-order valence-corrected chi connectivity index (χ3v) is 1.55. The first kappa shape index (κ1) is 12.0. The fourth-order valence-corrected chi connectivity index (χ4v) is 0.964. The van der Waals surface area contributed by atoms with E-state index in [0.29, 0.717) is 19.6 Å². The molecule has 0 bridgehead atoms. The van der Waals surface area contributed by atoms with Crippen molar-refractivity contribution in [2.24, 2.45) is 0 Å². The van der Waals surface area contributed by atoms with Crippen molar-refractivity contribution in [3.63, 3.8) is 0 Å². The van der Waals surface area contributed by atoms with Gasteiger partial charge in [-0.1, -0.05) is 0 Å². The maximum Gasteiger partial charge on any atom is 0.282 e. The van der Waals surface area contributed by atoms with Crippen molar-refractivity contribution in [2.75, 3.05) is 13.2 Å². The molecule has 0 amide bonds. The van der Waals surface area contributed by atoms with Crippen molar-refractivity contribution in [2.45, 2.75) is 25.2 Å². The molecule has 2 nitrogen and oxygen atoms in total. The zero-order chi connectivity index (χ0) is 8.27. The largest absolute Gasteiger partial charge is 0.380 e. The maximum absolute atomic E-state index is 12.3. The lowest BCUT2D eigenvalue weighted by Gasteiger charge is -2.13. The Hall–Kier alpha value is -0.0000000000000000416. The van der Waals surface area contributed by atoms with Crippen LogP contribution in [0.3, 0.4) is 0 Å². The van der Waals surface area contributed by atoms with Gasteiger partial charge in [-0.3, -0.25) is 5.32 Å². The van der Waals surface area contributed by atoms with E-state index >= 15 is 0 Å². The molecule has 6 heteroatoms. The summed E-state index contributed by atoms with van der Waals surface area (Å²) in [5.74, 6) is 0. The summed E-state index contributed by atoms with van der Waals surface area (Å²) in [6.07, 6.45) is -4.56. The van der Waals surface area contributed by atoms with Crippen molar-refractivity contribution >= 4 is 12.4 Å². The summed E-state index contributed by atoms with van der Waals surface area (Å²) < 4.78 is 40.3. The van der Waals surface area contributed by atoms with Crippen LogP contribution in [0.25, 0.3) is 0 Å². The smallest absolute Gasteiger partial charge is 0.282 e. The number of hydrogen-bond donors (Lipinski definition) is 1. The molecule has 0 radical (unpaired) electrons. The van der Waals surface area contributed by atoms with E-state index in [-0.39, 0.29) is 18.4 Å². The molecule has 2 atom stereocenters. The number of hydrogen-bond acceptors (Lipinski definition) is 2. The molecule has 1 rings (SSSR count). The van der Waals surface area contributed by atoms with Crippen molar-refractivity contribution in [1.82, 2.24) is 5.32 Å². The van der Waals surface area contributed by atoms with Crippen LogP contribution in [0.4, 0.5) is 13.2 Å². The van der Waals surface area contributed by atoms with Gasteiger partial charge in [-0.25, -0.2) is 13.2 Å². The summed E-state index contributed by atoms with van der Waals surface area (Å²) in [7, 11) is 0. The molecule has 1 heterocycles. The van der Waals surface area contributed by atoms with Gasteiger partial charge in [0.2, 0.25) is 6.30 Å². The van der Waals surface area contributed by atoms with Crippen LogP contribution in [0, 0.1) is 0 Å². The van der Waals surface area contributed by atoms with Crippen LogP contribution in [0.1, 0.15) is 6.42 Å². The highest BCUT2D eigenvalue weighted by Crippen LogP contribution is 2.08. The second-order valence-electron chi connectivity index (χ2n) is 2.46. The Balaban J connectivity index is 0.00000121. The van der Waals surface area contributed by atoms with Gasteiger partial charge in [-0.05, 0) is 6.42 Å². The van der Waals surface area contributed by atoms with Gasteiger partial charge >= 0.3 is 0 Å². The Morgan fingerprint density at radius 2 is 2.00 bits per heavy atom. The molecule has 1 saturated heterocycles. The Morgan fingerprint density at radius 1 is 1.33 bits per heavy atom. The van der Waals surface area contributed by atoms with Gasteiger partial charge in [0.1, 0.15) is 0 Å². The van der Waals surface area contributed by atoms with Crippen LogP contribution in [-0.4, -0.2) is 32.0 Å². The van der Waals surface area contributed by atoms with Crippen LogP contribution >= 0.6 is 12.4 Å². The molecule has 0 spiro atoms. The van der Waals surface area contributed by atoms with Gasteiger partial charge in [-0.2, -0.15) is 0 Å². The summed E-state index contributed by atoms with van der Waals surface area (Å²) in [4.78, 5) is 0. The van der Waals surface area contributed by atoms with Gasteiger partial charge in [0.25, 0.3) is 6.43 Å². The van der Waals surface area contributed by atoms with Crippen molar-refractivity contribution in [1.29, 1.82) is 0 Å². The molecule has 0 saturated carbocycles. The lowest BCUT2D eigenvalue weighted by molar-refractivity contribution is 0.0228. The molecular formula is C6H11ClF3NO. The summed E-state index contributed by atoms with van der Waals surface area (Å²) in [5, 5.41) is 2.14. The monoisotopic (exact) mass is 205 g/mol. The fourth-order valence-electron chi connectivity index (χ4n) is 0.964. The van der Waals surface area contributed by atoms with E-state index in [1.807, 2.05) is 0 Å². The van der Waals surface area contributed by atoms with Crippen molar-refractivity contribution in [3.8, 4) is 0 Å². The number of halogens is 4. The second kappa shape index (κ2) is 5.61. The molecule has 0 aliphatic carbocycles. The third-order valence-electron chi connectivity index (χ3n) is 1.55. The van der Waals surface area contributed by atoms with Gasteiger partial charge in [0.05, 0.1) is 6.61 Å². The molecule has 1 aliphatic rings. The van der Waals surface area contributed by atoms with Gasteiger partial charge in [-0.15, -0.1) is 12.4 Å². The molecule has 1 aliphatic heterocycles. The lowest BCUT2D eigenvalue weighted by atomic mass is 10.2. The van der Waals surface area contributed by atoms with E-state index in [0.717, 1.165) is 0 Å². The van der Waals surface area contributed by atoms with Crippen LogP contribution < -0.4 is 5.32 Å². The van der Waals surface area contributed by atoms with E-state index in [9.17, 15) is 13.2 Å². The molecule has 12 heavy (non-hydrogen) atoms. The normalized spacial score (nSPS) is 25.5. The molecule has 1 fully saturated rings. The maximum atomic E-state index is 12.3. The van der Waals surface area contributed by atoms with Crippen LogP contribution in [0.2, 0.25) is 0 Å². The minimum atomic E-state index is -2.95. The Bertz CT molecular complexity index is 121. The quantitative estimate of drug-likeness (QED) is 0.703. The third kappa shape index (κ3) is 3.60. The zero-order valence-corrected chi connectivity index (χ0v) is 7.12. The molecule has 0 aromatic heterocycles. The molecule has 1 N–H and O–H groups in total. The summed E-state index contributed by atoms with van der Waals surface area (Å²) in [6, 6.07) is -0.251. The Labute approximate surface area is 74.9 Å². The Kier molecular flexibility index (Phi) is 5.61. The number of nitrogens with one attached hydrogen (secondary N) is 1. The van der Waals surface area contributed by atoms with Gasteiger partial charge < -0.3 is 4.74 Å². The lowest BCUT2D eigenvalue weighted by Crippen LogP contribution is -2.39. The van der Waals surface area contributed by atoms with Crippen molar-refractivity contribution < 1.29 is 17.9 Å². The van der Waals surface area contributed by atoms with E-state index in [1.165, 1.54) is 0 Å². The highest BCUT2D eigenvalue weighted by Gasteiger charge is 2.24. The first-order chi connectivity index (χ1) is 5.20. The molecule has 74 valence electrons. The van der Waals surface area contributed by atoms with Crippen LogP contribution in [0.15, 0.2) is 0 Å². The van der Waals surface area contributed by atoms with Crippen LogP contribution in [-0.2, 0) is 4.74 Å². The second-order valence-corrected chi connectivity index (χ2v) is 2.46. The van der Waals surface area contributed by atoms with E-state index in [4.69, 9.17) is 4.74 Å². The zero-order valence-electron chi connectivity index (χ0n) is 6.30. The van der Waals surface area contributed by atoms with Gasteiger partial charge in [0, 0.05) is 12.6 Å². The molecular weight excluding hydrogens is 195 g/mol. The summed E-state index contributed by atoms with van der Waals surface area (Å²) >= 11 is 0. The number of rotatable bonds is 3. The predicted molar refractivity (Wildman–Crippen MR) is 40.5 cm³/mol.